The number of hydrogen-bond donors (Lipinski definition) is 1. The maximum absolute atomic E-state index is 12.9. The molecule has 2 aromatic carbocycles. The summed E-state index contributed by atoms with van der Waals surface area (Å²) in [5, 5.41) is 2.00. The van der Waals surface area contributed by atoms with Crippen molar-refractivity contribution in [3.63, 3.8) is 0 Å². The second-order valence-corrected chi connectivity index (χ2v) is 12.6. The third-order valence-corrected chi connectivity index (χ3v) is 8.89. The van der Waals surface area contributed by atoms with Gasteiger partial charge in [0.1, 0.15) is 0 Å². The molecule has 2 aliphatic heterocycles. The summed E-state index contributed by atoms with van der Waals surface area (Å²) in [7, 11) is -3.78. The number of benzene rings is 2. The van der Waals surface area contributed by atoms with Crippen LogP contribution in [0, 0.1) is 11.8 Å². The van der Waals surface area contributed by atoms with Crippen LogP contribution in [-0.2, 0) is 27.5 Å². The lowest BCUT2D eigenvalue weighted by Crippen LogP contribution is -2.34. The van der Waals surface area contributed by atoms with E-state index in [1.165, 1.54) is 36.7 Å². The lowest BCUT2D eigenvalue weighted by molar-refractivity contribution is -0.0262. The van der Waals surface area contributed by atoms with Gasteiger partial charge >= 0.3 is 0 Å². The van der Waals surface area contributed by atoms with Gasteiger partial charge in [0, 0.05) is 28.7 Å². The van der Waals surface area contributed by atoms with Gasteiger partial charge in [-0.1, -0.05) is 30.7 Å². The van der Waals surface area contributed by atoms with Gasteiger partial charge in [-0.2, -0.15) is 13.5 Å². The zero-order valence-electron chi connectivity index (χ0n) is 21.8. The van der Waals surface area contributed by atoms with E-state index in [9.17, 15) is 13.2 Å². The first kappa shape index (κ1) is 27.2. The maximum Gasteiger partial charge on any atom is 0.285 e. The zero-order valence-corrected chi connectivity index (χ0v) is 23.5. The minimum Gasteiger partial charge on any atom is -0.355 e. The molecular weight excluding hydrogens is 522 g/mol. The average molecular weight is 558 g/mol. The predicted molar refractivity (Wildman–Crippen MR) is 151 cm³/mol. The smallest absolute Gasteiger partial charge is 0.285 e. The zero-order chi connectivity index (χ0) is 25.6. The second kappa shape index (κ2) is 11.0. The van der Waals surface area contributed by atoms with Gasteiger partial charge < -0.3 is 4.98 Å². The van der Waals surface area contributed by atoms with Crippen molar-refractivity contribution >= 4 is 39.3 Å². The number of hydrogen-bond acceptors (Lipinski definition) is 5. The summed E-state index contributed by atoms with van der Waals surface area (Å²) >= 11 is 0. The monoisotopic (exact) mass is 557 g/mol. The highest BCUT2D eigenvalue weighted by Gasteiger charge is 2.37. The SMILES string of the molecule is C1CC2CCC12.CS(=O)(=O)ON1Cc2cccc(-c3cc4cc(CN5CCCCC5)ccc4[nH]3)c2C1=O.Cl. The number of likely N-dealkylation sites (tertiary alicyclic amines) is 1. The molecule has 7 nitrogen and oxygen atoms in total. The first-order chi connectivity index (χ1) is 17.8. The number of aromatic amines is 1. The molecule has 3 heterocycles. The number of hydroxylamine groups is 2. The minimum absolute atomic E-state index is 0. The number of halogens is 1. The molecule has 0 atom stereocenters. The van der Waals surface area contributed by atoms with Crippen LogP contribution >= 0.6 is 12.4 Å². The van der Waals surface area contributed by atoms with Gasteiger partial charge in [-0.25, -0.2) is 0 Å². The number of rotatable bonds is 5. The molecule has 1 N–H and O–H groups in total. The molecular formula is C29H36ClN3O4S. The molecule has 3 aromatic rings. The highest BCUT2D eigenvalue weighted by atomic mass is 35.5. The Kier molecular flexibility index (Phi) is 7.87. The molecule has 3 fully saturated rings. The van der Waals surface area contributed by atoms with Gasteiger partial charge in [0.25, 0.3) is 16.0 Å². The highest BCUT2D eigenvalue weighted by Crippen LogP contribution is 2.49. The van der Waals surface area contributed by atoms with Gasteiger partial charge in [0.2, 0.25) is 0 Å². The van der Waals surface area contributed by atoms with E-state index in [2.05, 4.69) is 34.1 Å². The van der Waals surface area contributed by atoms with Crippen molar-refractivity contribution in [3.8, 4) is 11.3 Å². The van der Waals surface area contributed by atoms with Crippen molar-refractivity contribution in [2.45, 2.75) is 58.0 Å². The summed E-state index contributed by atoms with van der Waals surface area (Å²) in [5.41, 5.74) is 5.08. The molecule has 7 rings (SSSR count). The van der Waals surface area contributed by atoms with Gasteiger partial charge in [-0.3, -0.25) is 9.69 Å². The van der Waals surface area contributed by atoms with Crippen molar-refractivity contribution in [2.24, 2.45) is 11.8 Å². The number of carbonyl (C=O) groups excluding carboxylic acids is 1. The van der Waals surface area contributed by atoms with Crippen molar-refractivity contribution in [1.82, 2.24) is 14.9 Å². The molecule has 204 valence electrons. The largest absolute Gasteiger partial charge is 0.355 e. The van der Waals surface area contributed by atoms with Crippen molar-refractivity contribution < 1.29 is 17.5 Å². The van der Waals surface area contributed by atoms with Crippen molar-refractivity contribution in [2.75, 3.05) is 19.3 Å². The van der Waals surface area contributed by atoms with Gasteiger partial charge in [0.15, 0.2) is 0 Å². The number of nitrogens with one attached hydrogen (secondary N) is 1. The fourth-order valence-corrected chi connectivity index (χ4v) is 6.60. The van der Waals surface area contributed by atoms with E-state index in [4.69, 9.17) is 4.28 Å². The van der Waals surface area contributed by atoms with E-state index in [1.54, 1.807) is 25.7 Å². The molecule has 0 spiro atoms. The van der Waals surface area contributed by atoms with Crippen LogP contribution in [0.1, 0.15) is 66.4 Å². The number of carbonyl (C=O) groups is 1. The summed E-state index contributed by atoms with van der Waals surface area (Å²) in [6.07, 6.45) is 11.0. The van der Waals surface area contributed by atoms with Gasteiger partial charge in [-0.05, 0) is 92.8 Å². The Hall–Kier alpha value is -2.39. The van der Waals surface area contributed by atoms with Crippen LogP contribution in [0.2, 0.25) is 0 Å². The Morgan fingerprint density at radius 3 is 2.32 bits per heavy atom. The molecule has 1 saturated heterocycles. The lowest BCUT2D eigenvalue weighted by Gasteiger charge is -2.46. The van der Waals surface area contributed by atoms with Crippen LogP contribution in [0.15, 0.2) is 42.5 Å². The molecule has 2 saturated carbocycles. The Morgan fingerprint density at radius 2 is 1.68 bits per heavy atom. The Morgan fingerprint density at radius 1 is 0.974 bits per heavy atom. The van der Waals surface area contributed by atoms with E-state index in [0.29, 0.717) is 5.56 Å². The molecule has 38 heavy (non-hydrogen) atoms. The van der Waals surface area contributed by atoms with Crippen LogP contribution in [0.25, 0.3) is 22.2 Å². The summed E-state index contributed by atoms with van der Waals surface area (Å²) in [5.74, 6) is 1.98. The van der Waals surface area contributed by atoms with Crippen LogP contribution < -0.4 is 0 Å². The third-order valence-electron chi connectivity index (χ3n) is 8.44. The summed E-state index contributed by atoms with van der Waals surface area (Å²) in [6, 6.07) is 14.1. The van der Waals surface area contributed by atoms with E-state index in [1.807, 2.05) is 18.2 Å². The topological polar surface area (TPSA) is 82.7 Å². The Bertz CT molecular complexity index is 1410. The molecule has 2 aliphatic carbocycles. The quantitative estimate of drug-likeness (QED) is 0.422. The predicted octanol–water partition coefficient (Wildman–Crippen LogP) is 5.90. The first-order valence-electron chi connectivity index (χ1n) is 13.5. The average Bonchev–Trinajstić information content (AvgIpc) is 3.42. The maximum atomic E-state index is 12.9. The third kappa shape index (κ3) is 5.64. The molecule has 1 aromatic heterocycles. The number of aromatic nitrogens is 1. The fraction of sp³-hybridized carbons (Fsp3) is 0.483. The highest BCUT2D eigenvalue weighted by molar-refractivity contribution is 7.85. The number of piperidine rings is 1. The van der Waals surface area contributed by atoms with E-state index in [0.717, 1.165) is 58.7 Å². The Balaban J connectivity index is 0.000000365. The van der Waals surface area contributed by atoms with E-state index in [-0.39, 0.29) is 19.0 Å². The Labute approximate surface area is 231 Å². The van der Waals surface area contributed by atoms with E-state index >= 15 is 0 Å². The standard InChI is InChI=1S/C23H25N3O4S.C6H10.ClH/c1-31(28,29)30-26-15-17-6-5-7-19(22(17)23(26)27)21-13-18-12-16(8-9-20(18)24-21)14-25-10-3-2-4-11-25;1-2-6-4-3-5(1)6;/h5-9,12-13,24H,2-4,10-11,14-15H2,1H3;5-6H,1-4H2;1H. The van der Waals surface area contributed by atoms with Crippen molar-refractivity contribution in [1.29, 1.82) is 0 Å². The first-order valence-corrected chi connectivity index (χ1v) is 15.3. The normalized spacial score (nSPS) is 22.4. The summed E-state index contributed by atoms with van der Waals surface area (Å²) < 4.78 is 27.9. The number of amides is 1. The minimum atomic E-state index is -3.78. The molecule has 0 unspecified atom stereocenters. The lowest BCUT2D eigenvalue weighted by atomic mass is 9.60. The molecule has 4 aliphatic rings. The number of nitrogens with zero attached hydrogens (tertiary/aromatic N) is 2. The van der Waals surface area contributed by atoms with Crippen molar-refractivity contribution in [3.05, 3.63) is 59.2 Å². The van der Waals surface area contributed by atoms with Gasteiger partial charge in [-0.15, -0.1) is 16.7 Å². The van der Waals surface area contributed by atoms with Crippen LogP contribution in [-0.4, -0.2) is 48.6 Å². The molecule has 0 bridgehead atoms. The van der Waals surface area contributed by atoms with E-state index < -0.39 is 16.0 Å². The molecule has 9 heteroatoms. The van der Waals surface area contributed by atoms with Crippen LogP contribution in [0.3, 0.4) is 0 Å². The van der Waals surface area contributed by atoms with Crippen LogP contribution in [0.5, 0.6) is 0 Å². The molecule has 1 amide bonds. The summed E-state index contributed by atoms with van der Waals surface area (Å²) in [6.45, 7) is 3.37. The molecule has 0 radical (unpaired) electrons. The fourth-order valence-electron chi connectivity index (χ4n) is 6.15. The van der Waals surface area contributed by atoms with Crippen LogP contribution in [0.4, 0.5) is 0 Å². The summed E-state index contributed by atoms with van der Waals surface area (Å²) in [4.78, 5) is 18.8. The second-order valence-electron chi connectivity index (χ2n) is 11.1. The number of H-pyrrole nitrogens is 1. The van der Waals surface area contributed by atoms with Gasteiger partial charge in [0.05, 0.1) is 18.4 Å². The number of fused-ring (bicyclic) bond motifs is 3.